The molecule has 0 unspecified atom stereocenters. The first kappa shape index (κ1) is 15.1. The minimum Gasteiger partial charge on any atom is -0.345 e. The zero-order chi connectivity index (χ0) is 16.2. The minimum atomic E-state index is -0.441. The van der Waals surface area contributed by atoms with Gasteiger partial charge < -0.3 is 10.2 Å². The standard InChI is InChI=1S/C15H17N5O3/c21-13(16-9-14(22)19-7-3-4-8-19)10-20-15(23)11-5-1-2-6-12(11)17-18-20/h1-2,5-6H,3-4,7-10H2,(H,16,21). The lowest BCUT2D eigenvalue weighted by molar-refractivity contribution is -0.132. The van der Waals surface area contributed by atoms with E-state index in [0.717, 1.165) is 30.6 Å². The van der Waals surface area contributed by atoms with Gasteiger partial charge in [-0.25, -0.2) is 4.68 Å². The summed E-state index contributed by atoms with van der Waals surface area (Å²) in [6, 6.07) is 6.81. The first-order chi connectivity index (χ1) is 11.1. The van der Waals surface area contributed by atoms with Crippen LogP contribution in [-0.2, 0) is 16.1 Å². The van der Waals surface area contributed by atoms with Gasteiger partial charge in [0.2, 0.25) is 11.8 Å². The van der Waals surface area contributed by atoms with Crippen LogP contribution in [0, 0.1) is 0 Å². The van der Waals surface area contributed by atoms with Crippen LogP contribution in [-0.4, -0.2) is 51.3 Å². The van der Waals surface area contributed by atoms with Crippen molar-refractivity contribution in [3.05, 3.63) is 34.6 Å². The molecule has 1 N–H and O–H groups in total. The van der Waals surface area contributed by atoms with E-state index in [4.69, 9.17) is 0 Å². The number of fused-ring (bicyclic) bond motifs is 1. The van der Waals surface area contributed by atoms with Crippen LogP contribution < -0.4 is 10.9 Å². The highest BCUT2D eigenvalue weighted by Crippen LogP contribution is 2.06. The fraction of sp³-hybridized carbons (Fsp3) is 0.400. The maximum Gasteiger partial charge on any atom is 0.278 e. The number of rotatable bonds is 4. The van der Waals surface area contributed by atoms with E-state index in [1.165, 1.54) is 0 Å². The molecule has 120 valence electrons. The predicted octanol–water partition coefficient (Wildman–Crippen LogP) is -0.470. The molecule has 1 aliphatic heterocycles. The lowest BCUT2D eigenvalue weighted by Crippen LogP contribution is -2.41. The normalized spacial score (nSPS) is 14.2. The van der Waals surface area contributed by atoms with Crippen molar-refractivity contribution in [3.63, 3.8) is 0 Å². The number of hydrogen-bond acceptors (Lipinski definition) is 5. The average Bonchev–Trinajstić information content (AvgIpc) is 3.10. The van der Waals surface area contributed by atoms with E-state index in [1.54, 1.807) is 29.2 Å². The second-order valence-corrected chi connectivity index (χ2v) is 5.43. The molecule has 1 fully saturated rings. The van der Waals surface area contributed by atoms with Crippen LogP contribution >= 0.6 is 0 Å². The quantitative estimate of drug-likeness (QED) is 0.822. The number of likely N-dealkylation sites (tertiary alicyclic amines) is 1. The van der Waals surface area contributed by atoms with Crippen molar-refractivity contribution < 1.29 is 9.59 Å². The van der Waals surface area contributed by atoms with Gasteiger partial charge in [-0.05, 0) is 25.0 Å². The lowest BCUT2D eigenvalue weighted by atomic mass is 10.2. The van der Waals surface area contributed by atoms with Gasteiger partial charge in [-0.2, -0.15) is 0 Å². The van der Waals surface area contributed by atoms with Crippen molar-refractivity contribution in [2.24, 2.45) is 0 Å². The molecule has 2 aromatic rings. The second kappa shape index (κ2) is 6.55. The van der Waals surface area contributed by atoms with Gasteiger partial charge in [0.15, 0.2) is 0 Å². The summed E-state index contributed by atoms with van der Waals surface area (Å²) in [6.45, 7) is 1.16. The predicted molar refractivity (Wildman–Crippen MR) is 82.6 cm³/mol. The molecule has 3 rings (SSSR count). The molecule has 1 aromatic heterocycles. The van der Waals surface area contributed by atoms with E-state index in [-0.39, 0.29) is 24.6 Å². The first-order valence-electron chi connectivity index (χ1n) is 7.52. The molecule has 8 nitrogen and oxygen atoms in total. The molecule has 1 aliphatic rings. The van der Waals surface area contributed by atoms with E-state index in [1.807, 2.05) is 0 Å². The third-order valence-corrected chi connectivity index (χ3v) is 3.82. The molecule has 0 saturated carbocycles. The van der Waals surface area contributed by atoms with Crippen molar-refractivity contribution >= 4 is 22.7 Å². The molecule has 0 atom stereocenters. The summed E-state index contributed by atoms with van der Waals surface area (Å²) in [5.41, 5.74) is 0.106. The van der Waals surface area contributed by atoms with Gasteiger partial charge in [0, 0.05) is 13.1 Å². The summed E-state index contributed by atoms with van der Waals surface area (Å²) < 4.78 is 0.998. The van der Waals surface area contributed by atoms with E-state index >= 15 is 0 Å². The molecule has 1 saturated heterocycles. The first-order valence-corrected chi connectivity index (χ1v) is 7.52. The Hall–Kier alpha value is -2.77. The van der Waals surface area contributed by atoms with Gasteiger partial charge in [0.05, 0.1) is 11.9 Å². The maximum atomic E-state index is 12.2. The Morgan fingerprint density at radius 3 is 2.70 bits per heavy atom. The number of nitrogens with one attached hydrogen (secondary N) is 1. The molecule has 23 heavy (non-hydrogen) atoms. The fourth-order valence-electron chi connectivity index (χ4n) is 2.57. The number of benzene rings is 1. The van der Waals surface area contributed by atoms with Crippen molar-refractivity contribution in [3.8, 4) is 0 Å². The van der Waals surface area contributed by atoms with Crippen molar-refractivity contribution in [2.75, 3.05) is 19.6 Å². The highest BCUT2D eigenvalue weighted by molar-refractivity contribution is 5.85. The Labute approximate surface area is 132 Å². The van der Waals surface area contributed by atoms with Gasteiger partial charge in [-0.3, -0.25) is 14.4 Å². The van der Waals surface area contributed by atoms with Gasteiger partial charge in [-0.1, -0.05) is 17.3 Å². The van der Waals surface area contributed by atoms with Gasteiger partial charge in [0.25, 0.3) is 5.56 Å². The van der Waals surface area contributed by atoms with Gasteiger partial charge >= 0.3 is 0 Å². The molecule has 2 heterocycles. The maximum absolute atomic E-state index is 12.2. The van der Waals surface area contributed by atoms with E-state index in [9.17, 15) is 14.4 Å². The second-order valence-electron chi connectivity index (χ2n) is 5.43. The fourth-order valence-corrected chi connectivity index (χ4v) is 2.57. The SMILES string of the molecule is O=C(Cn1nnc2ccccc2c1=O)NCC(=O)N1CCCC1. The molecule has 0 bridgehead atoms. The van der Waals surface area contributed by atoms with Gasteiger partial charge in [0.1, 0.15) is 12.1 Å². The van der Waals surface area contributed by atoms with Crippen LogP contribution in [0.4, 0.5) is 0 Å². The van der Waals surface area contributed by atoms with Crippen LogP contribution in [0.25, 0.3) is 10.9 Å². The topological polar surface area (TPSA) is 97.2 Å². The van der Waals surface area contributed by atoms with E-state index < -0.39 is 5.91 Å². The molecular formula is C15H17N5O3. The molecule has 1 aromatic carbocycles. The minimum absolute atomic E-state index is 0.0609. The molecule has 0 aliphatic carbocycles. The number of aromatic nitrogens is 3. The van der Waals surface area contributed by atoms with E-state index in [0.29, 0.717) is 10.9 Å². The summed E-state index contributed by atoms with van der Waals surface area (Å²) in [5, 5.41) is 10.6. The Morgan fingerprint density at radius 1 is 1.17 bits per heavy atom. The molecular weight excluding hydrogens is 298 g/mol. The highest BCUT2D eigenvalue weighted by Gasteiger charge is 2.18. The zero-order valence-corrected chi connectivity index (χ0v) is 12.6. The monoisotopic (exact) mass is 315 g/mol. The summed E-state index contributed by atoms with van der Waals surface area (Å²) in [7, 11) is 0. The van der Waals surface area contributed by atoms with Crippen molar-refractivity contribution in [2.45, 2.75) is 19.4 Å². The number of carbonyl (C=O) groups is 2. The Morgan fingerprint density at radius 2 is 1.91 bits per heavy atom. The van der Waals surface area contributed by atoms with E-state index in [2.05, 4.69) is 15.6 Å². The Bertz CT molecular complexity index is 795. The van der Waals surface area contributed by atoms with Crippen LogP contribution in [0.5, 0.6) is 0 Å². The summed E-state index contributed by atoms with van der Waals surface area (Å²) >= 11 is 0. The highest BCUT2D eigenvalue weighted by atomic mass is 16.2. The van der Waals surface area contributed by atoms with Crippen LogP contribution in [0.2, 0.25) is 0 Å². The lowest BCUT2D eigenvalue weighted by Gasteiger charge is -2.15. The molecule has 8 heteroatoms. The molecule has 0 spiro atoms. The number of nitrogens with zero attached hydrogens (tertiary/aromatic N) is 4. The summed E-state index contributed by atoms with van der Waals surface area (Å²) in [4.78, 5) is 37.7. The number of hydrogen-bond donors (Lipinski definition) is 1. The Kier molecular flexibility index (Phi) is 4.31. The average molecular weight is 315 g/mol. The zero-order valence-electron chi connectivity index (χ0n) is 12.6. The summed E-state index contributed by atoms with van der Waals surface area (Å²) in [6.07, 6.45) is 2.00. The number of carbonyl (C=O) groups excluding carboxylic acids is 2. The summed E-state index contributed by atoms with van der Waals surface area (Å²) in [5.74, 6) is -0.544. The Balaban J connectivity index is 1.62. The van der Waals surface area contributed by atoms with Crippen molar-refractivity contribution in [1.82, 2.24) is 25.2 Å². The largest absolute Gasteiger partial charge is 0.345 e. The van der Waals surface area contributed by atoms with Crippen LogP contribution in [0.3, 0.4) is 0 Å². The smallest absolute Gasteiger partial charge is 0.278 e. The molecule has 0 radical (unpaired) electrons. The van der Waals surface area contributed by atoms with Crippen LogP contribution in [0.1, 0.15) is 12.8 Å². The van der Waals surface area contributed by atoms with Crippen molar-refractivity contribution in [1.29, 1.82) is 0 Å². The third kappa shape index (κ3) is 3.36. The van der Waals surface area contributed by atoms with Crippen LogP contribution in [0.15, 0.2) is 29.1 Å². The number of amides is 2. The third-order valence-electron chi connectivity index (χ3n) is 3.82. The molecule has 2 amide bonds. The van der Waals surface area contributed by atoms with Gasteiger partial charge in [-0.15, -0.1) is 5.10 Å².